The summed E-state index contributed by atoms with van der Waals surface area (Å²) in [6, 6.07) is 10.1. The second kappa shape index (κ2) is 6.70. The van der Waals surface area contributed by atoms with Crippen LogP contribution >= 0.6 is 23.2 Å². The lowest BCUT2D eigenvalue weighted by molar-refractivity contribution is 0.0951. The molecule has 0 fully saturated rings. The van der Waals surface area contributed by atoms with Crippen LogP contribution in [-0.2, 0) is 6.54 Å². The minimum absolute atomic E-state index is 0.272. The number of ether oxygens (including phenoxy) is 1. The summed E-state index contributed by atoms with van der Waals surface area (Å²) in [5, 5.41) is 3.58. The number of carbonyl (C=O) groups excluding carboxylic acids is 1. The molecule has 4 nitrogen and oxygen atoms in total. The first-order valence-corrected chi connectivity index (χ1v) is 6.92. The van der Waals surface area contributed by atoms with Gasteiger partial charge in [0.25, 0.3) is 5.91 Å². The zero-order valence-electron chi connectivity index (χ0n) is 11.3. The van der Waals surface area contributed by atoms with Crippen molar-refractivity contribution in [2.24, 2.45) is 0 Å². The molecule has 0 atom stereocenters. The van der Waals surface area contributed by atoms with Crippen molar-refractivity contribution in [1.29, 1.82) is 0 Å². The summed E-state index contributed by atoms with van der Waals surface area (Å²) in [4.78, 5) is 12.1. The normalized spacial score (nSPS) is 10.2. The van der Waals surface area contributed by atoms with Gasteiger partial charge in [0.2, 0.25) is 0 Å². The maximum Gasteiger partial charge on any atom is 0.253 e. The van der Waals surface area contributed by atoms with E-state index in [2.05, 4.69) is 5.32 Å². The minimum atomic E-state index is -0.272. The Balaban J connectivity index is 2.05. The topological polar surface area (TPSA) is 64.3 Å². The van der Waals surface area contributed by atoms with E-state index in [0.29, 0.717) is 33.6 Å². The third-order valence-electron chi connectivity index (χ3n) is 2.92. The van der Waals surface area contributed by atoms with Crippen LogP contribution in [0.1, 0.15) is 15.9 Å². The maximum atomic E-state index is 12.1. The molecule has 2 aromatic rings. The Morgan fingerprint density at radius 1 is 1.24 bits per heavy atom. The van der Waals surface area contributed by atoms with Gasteiger partial charge in [-0.25, -0.2) is 0 Å². The minimum Gasteiger partial charge on any atom is -0.495 e. The second-order valence-electron chi connectivity index (χ2n) is 4.38. The molecular formula is C15H14Cl2N2O2. The van der Waals surface area contributed by atoms with Crippen molar-refractivity contribution in [3.63, 3.8) is 0 Å². The lowest BCUT2D eigenvalue weighted by Crippen LogP contribution is -2.23. The lowest BCUT2D eigenvalue weighted by atomic mass is 10.1. The molecule has 1 amide bonds. The predicted octanol–water partition coefficient (Wildman–Crippen LogP) is 3.51. The molecule has 0 aliphatic heterocycles. The van der Waals surface area contributed by atoms with Gasteiger partial charge < -0.3 is 15.8 Å². The molecular weight excluding hydrogens is 311 g/mol. The highest BCUT2D eigenvalue weighted by molar-refractivity contribution is 6.36. The van der Waals surface area contributed by atoms with Crippen LogP contribution in [-0.4, -0.2) is 13.0 Å². The van der Waals surface area contributed by atoms with Gasteiger partial charge in [-0.15, -0.1) is 0 Å². The zero-order chi connectivity index (χ0) is 15.4. The molecule has 0 aliphatic carbocycles. The Kier molecular flexibility index (Phi) is 4.94. The van der Waals surface area contributed by atoms with Gasteiger partial charge in [0.1, 0.15) is 5.75 Å². The summed E-state index contributed by atoms with van der Waals surface area (Å²) < 4.78 is 5.08. The molecule has 2 aromatic carbocycles. The Bertz CT molecular complexity index is 675. The largest absolute Gasteiger partial charge is 0.495 e. The predicted molar refractivity (Wildman–Crippen MR) is 85.0 cm³/mol. The molecule has 0 radical (unpaired) electrons. The molecule has 3 N–H and O–H groups in total. The van der Waals surface area contributed by atoms with Crippen molar-refractivity contribution in [3.8, 4) is 5.75 Å². The average Bonchev–Trinajstić information content (AvgIpc) is 2.45. The van der Waals surface area contributed by atoms with Gasteiger partial charge in [0, 0.05) is 11.6 Å². The SMILES string of the molecule is COc1ccc(CNC(=O)c2ccc(Cl)cc2Cl)cc1N. The van der Waals surface area contributed by atoms with E-state index in [4.69, 9.17) is 33.7 Å². The highest BCUT2D eigenvalue weighted by atomic mass is 35.5. The fourth-order valence-electron chi connectivity index (χ4n) is 1.84. The summed E-state index contributed by atoms with van der Waals surface area (Å²) in [5.41, 5.74) is 7.58. The second-order valence-corrected chi connectivity index (χ2v) is 5.23. The Morgan fingerprint density at radius 3 is 2.62 bits per heavy atom. The molecule has 0 aliphatic rings. The fourth-order valence-corrected chi connectivity index (χ4v) is 2.34. The quantitative estimate of drug-likeness (QED) is 0.846. The maximum absolute atomic E-state index is 12.1. The van der Waals surface area contributed by atoms with Gasteiger partial charge in [0.15, 0.2) is 0 Å². The van der Waals surface area contributed by atoms with Crippen LogP contribution in [0.2, 0.25) is 10.0 Å². The molecule has 0 saturated carbocycles. The molecule has 0 spiro atoms. The summed E-state index contributed by atoms with van der Waals surface area (Å²) in [7, 11) is 1.55. The van der Waals surface area contributed by atoms with Crippen LogP contribution in [0.4, 0.5) is 5.69 Å². The van der Waals surface area contributed by atoms with E-state index < -0.39 is 0 Å². The summed E-state index contributed by atoms with van der Waals surface area (Å²) in [6.07, 6.45) is 0. The van der Waals surface area contributed by atoms with Gasteiger partial charge in [-0.1, -0.05) is 29.3 Å². The van der Waals surface area contributed by atoms with Crippen LogP contribution in [0, 0.1) is 0 Å². The molecule has 2 rings (SSSR count). The van der Waals surface area contributed by atoms with Crippen LogP contribution in [0.3, 0.4) is 0 Å². The number of amides is 1. The number of carbonyl (C=O) groups is 1. The molecule has 0 aromatic heterocycles. The van der Waals surface area contributed by atoms with Gasteiger partial charge in [-0.2, -0.15) is 0 Å². The smallest absolute Gasteiger partial charge is 0.253 e. The van der Waals surface area contributed by atoms with Crippen LogP contribution < -0.4 is 15.8 Å². The van der Waals surface area contributed by atoms with Crippen molar-refractivity contribution >= 4 is 34.8 Å². The van der Waals surface area contributed by atoms with Crippen LogP contribution in [0.25, 0.3) is 0 Å². The molecule has 0 saturated heterocycles. The number of rotatable bonds is 4. The van der Waals surface area contributed by atoms with Crippen molar-refractivity contribution in [2.45, 2.75) is 6.54 Å². The van der Waals surface area contributed by atoms with E-state index >= 15 is 0 Å². The van der Waals surface area contributed by atoms with Gasteiger partial charge in [-0.05, 0) is 35.9 Å². The molecule has 0 bridgehead atoms. The number of hydrogen-bond acceptors (Lipinski definition) is 3. The first kappa shape index (κ1) is 15.5. The molecule has 21 heavy (non-hydrogen) atoms. The molecule has 6 heteroatoms. The monoisotopic (exact) mass is 324 g/mol. The number of benzene rings is 2. The van der Waals surface area contributed by atoms with Gasteiger partial charge >= 0.3 is 0 Å². The molecule has 0 unspecified atom stereocenters. The number of hydrogen-bond donors (Lipinski definition) is 2. The van der Waals surface area contributed by atoms with Crippen molar-refractivity contribution in [1.82, 2.24) is 5.32 Å². The number of halogens is 2. The van der Waals surface area contributed by atoms with E-state index in [1.54, 1.807) is 31.4 Å². The van der Waals surface area contributed by atoms with E-state index in [0.717, 1.165) is 5.56 Å². The zero-order valence-corrected chi connectivity index (χ0v) is 12.8. The van der Waals surface area contributed by atoms with Crippen LogP contribution in [0.15, 0.2) is 36.4 Å². The van der Waals surface area contributed by atoms with E-state index in [1.165, 1.54) is 6.07 Å². The number of nitrogen functional groups attached to an aromatic ring is 1. The number of nitrogens with one attached hydrogen (secondary N) is 1. The molecule has 0 heterocycles. The third-order valence-corrected chi connectivity index (χ3v) is 3.47. The Hall–Kier alpha value is -1.91. The van der Waals surface area contributed by atoms with Crippen molar-refractivity contribution in [3.05, 3.63) is 57.6 Å². The summed E-state index contributed by atoms with van der Waals surface area (Å²) >= 11 is 11.8. The number of methoxy groups -OCH3 is 1. The van der Waals surface area contributed by atoms with Gasteiger partial charge in [-0.3, -0.25) is 4.79 Å². The molecule has 110 valence electrons. The first-order valence-electron chi connectivity index (χ1n) is 6.17. The Labute approximate surface area is 132 Å². The van der Waals surface area contributed by atoms with E-state index in [-0.39, 0.29) is 5.91 Å². The Morgan fingerprint density at radius 2 is 2.00 bits per heavy atom. The first-order chi connectivity index (χ1) is 10.0. The van der Waals surface area contributed by atoms with Crippen LogP contribution in [0.5, 0.6) is 5.75 Å². The average molecular weight is 325 g/mol. The highest BCUT2D eigenvalue weighted by Crippen LogP contribution is 2.23. The van der Waals surface area contributed by atoms with E-state index in [1.807, 2.05) is 6.07 Å². The van der Waals surface area contributed by atoms with Gasteiger partial charge in [0.05, 0.1) is 23.4 Å². The summed E-state index contributed by atoms with van der Waals surface area (Å²) in [6.45, 7) is 0.339. The van der Waals surface area contributed by atoms with Crippen molar-refractivity contribution in [2.75, 3.05) is 12.8 Å². The fraction of sp³-hybridized carbons (Fsp3) is 0.133. The summed E-state index contributed by atoms with van der Waals surface area (Å²) in [5.74, 6) is 0.330. The van der Waals surface area contributed by atoms with E-state index in [9.17, 15) is 4.79 Å². The standard InChI is InChI=1S/C15H14Cl2N2O2/c1-21-14-5-2-9(6-13(14)18)8-19-15(20)11-4-3-10(16)7-12(11)17/h2-7H,8,18H2,1H3,(H,19,20). The third kappa shape index (κ3) is 3.80. The number of anilines is 1. The number of nitrogens with two attached hydrogens (primary N) is 1. The van der Waals surface area contributed by atoms with Crippen molar-refractivity contribution < 1.29 is 9.53 Å². The highest BCUT2D eigenvalue weighted by Gasteiger charge is 2.10. The lowest BCUT2D eigenvalue weighted by Gasteiger charge is -2.09.